The van der Waals surface area contributed by atoms with Crippen molar-refractivity contribution in [3.8, 4) is 0 Å². The smallest absolute Gasteiger partial charge is 0.243 e. The lowest BCUT2D eigenvalue weighted by atomic mass is 10.1. The van der Waals surface area contributed by atoms with E-state index in [-0.39, 0.29) is 11.8 Å². The highest BCUT2D eigenvalue weighted by Gasteiger charge is 2.04. The molecule has 1 aromatic rings. The Morgan fingerprint density at radius 3 is 1.50 bits per heavy atom. The molecule has 0 saturated heterocycles. The number of carbonyl (C=O) groups excluding carboxylic acids is 2. The molecule has 1 rings (SSSR count). The van der Waals surface area contributed by atoms with Gasteiger partial charge in [-0.05, 0) is 63.3 Å². The zero-order valence-corrected chi connectivity index (χ0v) is 17.2. The molecule has 0 radical (unpaired) electrons. The molecular weight excluding hydrogens is 352 g/mol. The molecule has 0 unspecified atom stereocenters. The van der Waals surface area contributed by atoms with E-state index in [0.29, 0.717) is 13.1 Å². The number of benzene rings is 1. The van der Waals surface area contributed by atoms with Gasteiger partial charge >= 0.3 is 0 Å². The average molecular weight is 387 g/mol. The van der Waals surface area contributed by atoms with E-state index in [0.717, 1.165) is 39.0 Å². The molecule has 0 aromatic heterocycles. The van der Waals surface area contributed by atoms with E-state index in [9.17, 15) is 9.59 Å². The molecular formula is C22H34N4O2. The summed E-state index contributed by atoms with van der Waals surface area (Å²) >= 11 is 0. The Hall–Kier alpha value is -2.44. The van der Waals surface area contributed by atoms with Gasteiger partial charge in [0, 0.05) is 26.2 Å². The van der Waals surface area contributed by atoms with Crippen molar-refractivity contribution < 1.29 is 9.59 Å². The van der Waals surface area contributed by atoms with Crippen molar-refractivity contribution in [2.75, 3.05) is 40.3 Å². The Bertz CT molecular complexity index is 573. The fourth-order valence-corrected chi connectivity index (χ4v) is 2.80. The summed E-state index contributed by atoms with van der Waals surface area (Å²) < 4.78 is 0. The van der Waals surface area contributed by atoms with E-state index in [2.05, 4.69) is 72.0 Å². The minimum atomic E-state index is -0.121. The molecule has 6 nitrogen and oxygen atoms in total. The van der Waals surface area contributed by atoms with Crippen LogP contribution in [0.1, 0.15) is 24.0 Å². The van der Waals surface area contributed by atoms with Crippen molar-refractivity contribution in [2.45, 2.75) is 25.9 Å². The first kappa shape index (κ1) is 23.6. The lowest BCUT2D eigenvalue weighted by Gasteiger charge is -2.18. The van der Waals surface area contributed by atoms with Crippen LogP contribution in [-0.4, -0.2) is 61.9 Å². The van der Waals surface area contributed by atoms with Crippen LogP contribution in [0.25, 0.3) is 0 Å². The number of hydrogen-bond donors (Lipinski definition) is 2. The second-order valence-electron chi connectivity index (χ2n) is 6.99. The molecule has 1 aromatic carbocycles. The van der Waals surface area contributed by atoms with E-state index in [1.54, 1.807) is 0 Å². The standard InChI is InChI=1S/C22H34N4O2/c1-5-21(27)23-13-7-15-25(3)17-19-9-11-20(12-10-19)18-26(4)16-8-14-24-22(28)6-2/h5-6,9-12H,1-2,7-8,13-18H2,3-4H3,(H,23,27)(H,24,28). The summed E-state index contributed by atoms with van der Waals surface area (Å²) in [7, 11) is 4.17. The molecule has 2 N–H and O–H groups in total. The first-order valence-electron chi connectivity index (χ1n) is 9.70. The molecule has 28 heavy (non-hydrogen) atoms. The Labute approximate surface area is 169 Å². The van der Waals surface area contributed by atoms with Crippen molar-refractivity contribution in [1.29, 1.82) is 0 Å². The van der Waals surface area contributed by atoms with Gasteiger partial charge in [-0.15, -0.1) is 0 Å². The predicted octanol–water partition coefficient (Wildman–Crippen LogP) is 1.93. The first-order chi connectivity index (χ1) is 13.4. The van der Waals surface area contributed by atoms with Gasteiger partial charge < -0.3 is 20.4 Å². The van der Waals surface area contributed by atoms with Crippen LogP contribution in [0.4, 0.5) is 0 Å². The molecule has 0 bridgehead atoms. The highest BCUT2D eigenvalue weighted by molar-refractivity contribution is 5.87. The largest absolute Gasteiger partial charge is 0.353 e. The molecule has 0 aliphatic heterocycles. The van der Waals surface area contributed by atoms with Crippen LogP contribution in [0, 0.1) is 0 Å². The van der Waals surface area contributed by atoms with E-state index in [4.69, 9.17) is 0 Å². The number of amides is 2. The molecule has 0 atom stereocenters. The van der Waals surface area contributed by atoms with Crippen molar-refractivity contribution in [2.24, 2.45) is 0 Å². The zero-order chi connectivity index (χ0) is 20.8. The monoisotopic (exact) mass is 386 g/mol. The molecule has 0 saturated carbocycles. The predicted molar refractivity (Wildman–Crippen MR) is 115 cm³/mol. The van der Waals surface area contributed by atoms with E-state index in [1.165, 1.54) is 23.3 Å². The minimum absolute atomic E-state index is 0.121. The molecule has 2 amide bonds. The number of rotatable bonds is 14. The summed E-state index contributed by atoms with van der Waals surface area (Å²) in [5.41, 5.74) is 2.55. The second-order valence-corrected chi connectivity index (χ2v) is 6.99. The zero-order valence-electron chi connectivity index (χ0n) is 17.2. The Balaban J connectivity index is 2.26. The van der Waals surface area contributed by atoms with Gasteiger partial charge in [0.25, 0.3) is 0 Å². The van der Waals surface area contributed by atoms with Gasteiger partial charge in [-0.2, -0.15) is 0 Å². The summed E-state index contributed by atoms with van der Waals surface area (Å²) in [5, 5.41) is 5.58. The number of nitrogens with zero attached hydrogens (tertiary/aromatic N) is 2. The van der Waals surface area contributed by atoms with Crippen LogP contribution in [0.15, 0.2) is 49.6 Å². The van der Waals surface area contributed by atoms with Crippen LogP contribution in [0.2, 0.25) is 0 Å². The third-order valence-corrected chi connectivity index (χ3v) is 4.33. The van der Waals surface area contributed by atoms with Crippen molar-refractivity contribution in [3.05, 3.63) is 60.7 Å². The van der Waals surface area contributed by atoms with Crippen LogP contribution in [0.3, 0.4) is 0 Å². The van der Waals surface area contributed by atoms with Crippen LogP contribution in [-0.2, 0) is 22.7 Å². The highest BCUT2D eigenvalue weighted by atomic mass is 16.2. The summed E-state index contributed by atoms with van der Waals surface area (Å²) in [4.78, 5) is 26.7. The fourth-order valence-electron chi connectivity index (χ4n) is 2.80. The third kappa shape index (κ3) is 10.6. The number of carbonyl (C=O) groups is 2. The van der Waals surface area contributed by atoms with Crippen molar-refractivity contribution in [1.82, 2.24) is 20.4 Å². The molecule has 154 valence electrons. The quantitative estimate of drug-likeness (QED) is 0.379. The molecule has 0 heterocycles. The molecule has 0 spiro atoms. The van der Waals surface area contributed by atoms with Gasteiger partial charge in [0.2, 0.25) is 11.8 Å². The number of nitrogens with one attached hydrogen (secondary N) is 2. The summed E-state index contributed by atoms with van der Waals surface area (Å²) in [6.45, 7) is 11.8. The summed E-state index contributed by atoms with van der Waals surface area (Å²) in [6.07, 6.45) is 4.41. The Kier molecular flexibility index (Phi) is 11.5. The third-order valence-electron chi connectivity index (χ3n) is 4.33. The molecule has 6 heteroatoms. The summed E-state index contributed by atoms with van der Waals surface area (Å²) in [6, 6.07) is 8.68. The van der Waals surface area contributed by atoms with Gasteiger partial charge in [-0.1, -0.05) is 37.4 Å². The van der Waals surface area contributed by atoms with E-state index in [1.807, 2.05) is 0 Å². The fraction of sp³-hybridized carbons (Fsp3) is 0.455. The van der Waals surface area contributed by atoms with Crippen molar-refractivity contribution >= 4 is 11.8 Å². The van der Waals surface area contributed by atoms with Gasteiger partial charge in [-0.3, -0.25) is 9.59 Å². The Morgan fingerprint density at radius 2 is 1.18 bits per heavy atom. The van der Waals surface area contributed by atoms with Gasteiger partial charge in [0.05, 0.1) is 0 Å². The molecule has 0 aliphatic rings. The normalized spacial score (nSPS) is 10.7. The maximum absolute atomic E-state index is 11.1. The lowest BCUT2D eigenvalue weighted by Crippen LogP contribution is -2.27. The average Bonchev–Trinajstić information content (AvgIpc) is 2.69. The van der Waals surface area contributed by atoms with Crippen molar-refractivity contribution in [3.63, 3.8) is 0 Å². The Morgan fingerprint density at radius 1 is 0.821 bits per heavy atom. The van der Waals surface area contributed by atoms with Crippen LogP contribution in [0.5, 0.6) is 0 Å². The SMILES string of the molecule is C=CC(=O)NCCCN(C)Cc1ccc(CN(C)CCCNC(=O)C=C)cc1. The van der Waals surface area contributed by atoms with E-state index < -0.39 is 0 Å². The maximum atomic E-state index is 11.1. The number of hydrogen-bond acceptors (Lipinski definition) is 4. The van der Waals surface area contributed by atoms with Gasteiger partial charge in [0.1, 0.15) is 0 Å². The lowest BCUT2D eigenvalue weighted by molar-refractivity contribution is -0.117. The highest BCUT2D eigenvalue weighted by Crippen LogP contribution is 2.09. The van der Waals surface area contributed by atoms with E-state index >= 15 is 0 Å². The van der Waals surface area contributed by atoms with Crippen LogP contribution >= 0.6 is 0 Å². The maximum Gasteiger partial charge on any atom is 0.243 e. The minimum Gasteiger partial charge on any atom is -0.353 e. The molecule has 0 fully saturated rings. The first-order valence-corrected chi connectivity index (χ1v) is 9.70. The topological polar surface area (TPSA) is 64.7 Å². The van der Waals surface area contributed by atoms with Crippen LogP contribution < -0.4 is 10.6 Å². The van der Waals surface area contributed by atoms with Gasteiger partial charge in [-0.25, -0.2) is 0 Å². The molecule has 0 aliphatic carbocycles. The summed E-state index contributed by atoms with van der Waals surface area (Å²) in [5.74, 6) is -0.241. The van der Waals surface area contributed by atoms with Gasteiger partial charge in [0.15, 0.2) is 0 Å². The second kappa shape index (κ2) is 13.7.